The molecule has 0 unspecified atom stereocenters. The largest absolute Gasteiger partial charge is 0.477 e. The number of ether oxygens (including phenoxy) is 1. The van der Waals surface area contributed by atoms with Gasteiger partial charge in [-0.05, 0) is 55.8 Å². The van der Waals surface area contributed by atoms with Gasteiger partial charge in [0.15, 0.2) is 5.82 Å². The topological polar surface area (TPSA) is 126 Å². The Hall–Kier alpha value is -4.25. The number of halogens is 2. The fourth-order valence-electron chi connectivity index (χ4n) is 4.77. The highest BCUT2D eigenvalue weighted by Gasteiger charge is 2.32. The summed E-state index contributed by atoms with van der Waals surface area (Å²) in [6, 6.07) is 11.4. The number of aromatic nitrogens is 5. The Morgan fingerprint density at radius 3 is 2.77 bits per heavy atom. The molecule has 5 rings (SSSR count). The van der Waals surface area contributed by atoms with Crippen LogP contribution in [0.2, 0.25) is 5.02 Å². The van der Waals surface area contributed by atoms with Crippen molar-refractivity contribution in [3.63, 3.8) is 0 Å². The molecule has 0 spiro atoms. The van der Waals surface area contributed by atoms with Crippen LogP contribution in [0.25, 0.3) is 22.8 Å². The van der Waals surface area contributed by atoms with Crippen molar-refractivity contribution in [2.24, 2.45) is 0 Å². The molecule has 0 saturated carbocycles. The number of nitrogens with zero attached hydrogens (tertiary/aromatic N) is 6. The first kappa shape index (κ1) is 26.4. The van der Waals surface area contributed by atoms with Gasteiger partial charge in [0.1, 0.15) is 11.5 Å². The molecule has 1 amide bonds. The summed E-state index contributed by atoms with van der Waals surface area (Å²) in [4.78, 5) is 29.5. The normalized spacial score (nSPS) is 15.4. The van der Waals surface area contributed by atoms with Gasteiger partial charge in [0.2, 0.25) is 11.8 Å². The van der Waals surface area contributed by atoms with Gasteiger partial charge < -0.3 is 25.3 Å². The lowest BCUT2D eigenvalue weighted by atomic mass is 10.0. The van der Waals surface area contributed by atoms with Gasteiger partial charge in [0.05, 0.1) is 34.1 Å². The van der Waals surface area contributed by atoms with Crippen LogP contribution in [0.5, 0.6) is 5.88 Å². The molecule has 1 aromatic carbocycles. The van der Waals surface area contributed by atoms with Crippen LogP contribution in [0.15, 0.2) is 48.7 Å². The third kappa shape index (κ3) is 5.35. The highest BCUT2D eigenvalue weighted by atomic mass is 35.5. The molecule has 3 N–H and O–H groups in total. The molecule has 1 atom stereocenters. The number of rotatable bonds is 7. The highest BCUT2D eigenvalue weighted by Crippen LogP contribution is 2.35. The highest BCUT2D eigenvalue weighted by molar-refractivity contribution is 6.33. The number of hydrogen-bond donors (Lipinski definition) is 2. The summed E-state index contributed by atoms with van der Waals surface area (Å²) in [5.41, 5.74) is 8.95. The van der Waals surface area contributed by atoms with E-state index in [1.807, 2.05) is 31.2 Å². The van der Waals surface area contributed by atoms with Crippen molar-refractivity contribution in [3.8, 4) is 28.7 Å². The van der Waals surface area contributed by atoms with Gasteiger partial charge in [-0.2, -0.15) is 0 Å². The number of amides is 1. The summed E-state index contributed by atoms with van der Waals surface area (Å²) in [5, 5.41) is 8.24. The summed E-state index contributed by atoms with van der Waals surface area (Å²) in [7, 11) is 0. The predicted octanol–water partition coefficient (Wildman–Crippen LogP) is 4.44. The Kier molecular flexibility index (Phi) is 7.60. The number of carbonyl (C=O) groups excluding carboxylic acids is 1. The van der Waals surface area contributed by atoms with E-state index < -0.39 is 5.82 Å². The van der Waals surface area contributed by atoms with Crippen LogP contribution in [-0.4, -0.2) is 68.2 Å². The molecule has 1 aliphatic rings. The lowest BCUT2D eigenvalue weighted by Gasteiger charge is -2.43. The third-order valence-electron chi connectivity index (χ3n) is 6.64. The number of anilines is 2. The van der Waals surface area contributed by atoms with E-state index in [1.54, 1.807) is 11.1 Å². The lowest BCUT2D eigenvalue weighted by Crippen LogP contribution is -2.55. The predicted molar refractivity (Wildman–Crippen MR) is 147 cm³/mol. The first-order valence-corrected chi connectivity index (χ1v) is 13.1. The van der Waals surface area contributed by atoms with E-state index in [4.69, 9.17) is 27.1 Å². The van der Waals surface area contributed by atoms with E-state index >= 15 is 0 Å². The molecule has 39 heavy (non-hydrogen) atoms. The van der Waals surface area contributed by atoms with Crippen molar-refractivity contribution in [1.29, 1.82) is 0 Å². The Morgan fingerprint density at radius 2 is 2.05 bits per heavy atom. The molecule has 12 heteroatoms. The number of aromatic amines is 1. The number of pyridine rings is 2. The van der Waals surface area contributed by atoms with Crippen molar-refractivity contribution in [2.75, 3.05) is 36.9 Å². The van der Waals surface area contributed by atoms with E-state index in [0.717, 1.165) is 23.7 Å². The zero-order valence-corrected chi connectivity index (χ0v) is 22.3. The summed E-state index contributed by atoms with van der Waals surface area (Å²) in [5.74, 6) is 0.385. The maximum atomic E-state index is 13.5. The van der Waals surface area contributed by atoms with Gasteiger partial charge >= 0.3 is 0 Å². The molecule has 0 aliphatic carbocycles. The van der Waals surface area contributed by atoms with Crippen LogP contribution in [0.3, 0.4) is 0 Å². The number of H-pyrrole nitrogens is 1. The number of hydrogen-bond acceptors (Lipinski definition) is 8. The average Bonchev–Trinajstić information content (AvgIpc) is 3.38. The fourth-order valence-corrected chi connectivity index (χ4v) is 5.01. The fraction of sp³-hybridized carbons (Fsp3) is 0.296. The van der Waals surface area contributed by atoms with Gasteiger partial charge in [0, 0.05) is 31.9 Å². The van der Waals surface area contributed by atoms with E-state index in [0.29, 0.717) is 49.3 Å². The number of carbonyl (C=O) groups is 1. The van der Waals surface area contributed by atoms with Crippen molar-refractivity contribution >= 4 is 29.1 Å². The molecule has 3 aromatic heterocycles. The summed E-state index contributed by atoms with van der Waals surface area (Å²) in [6.07, 6.45) is 2.43. The Labute approximate surface area is 230 Å². The van der Waals surface area contributed by atoms with Crippen LogP contribution < -0.4 is 15.4 Å². The molecule has 1 aliphatic heterocycles. The van der Waals surface area contributed by atoms with Gasteiger partial charge in [-0.3, -0.25) is 4.79 Å². The minimum absolute atomic E-state index is 0.0223. The van der Waals surface area contributed by atoms with Crippen LogP contribution in [0.4, 0.5) is 16.0 Å². The molecular formula is C27H28ClFN8O2. The van der Waals surface area contributed by atoms with E-state index in [1.165, 1.54) is 12.1 Å². The van der Waals surface area contributed by atoms with Gasteiger partial charge in [-0.1, -0.05) is 18.5 Å². The van der Waals surface area contributed by atoms with Gasteiger partial charge in [-0.15, -0.1) is 10.2 Å². The Morgan fingerprint density at radius 1 is 1.21 bits per heavy atom. The number of nitrogen functional groups attached to an aromatic ring is 1. The molecule has 10 nitrogen and oxygen atoms in total. The van der Waals surface area contributed by atoms with E-state index in [2.05, 4.69) is 32.0 Å². The molecule has 0 bridgehead atoms. The molecule has 1 fully saturated rings. The average molecular weight is 551 g/mol. The second kappa shape index (κ2) is 11.2. The van der Waals surface area contributed by atoms with Crippen LogP contribution >= 0.6 is 11.6 Å². The first-order valence-electron chi connectivity index (χ1n) is 12.7. The van der Waals surface area contributed by atoms with Crippen molar-refractivity contribution in [3.05, 3.63) is 65.1 Å². The summed E-state index contributed by atoms with van der Waals surface area (Å²) in [6.45, 7) is 5.88. The second-order valence-electron chi connectivity index (χ2n) is 9.04. The molecule has 4 aromatic rings. The molecule has 0 radical (unpaired) electrons. The van der Waals surface area contributed by atoms with Crippen molar-refractivity contribution < 1.29 is 13.9 Å². The molecular weight excluding hydrogens is 523 g/mol. The smallest absolute Gasteiger partial charge is 0.255 e. The monoisotopic (exact) mass is 550 g/mol. The van der Waals surface area contributed by atoms with Crippen molar-refractivity contribution in [1.82, 2.24) is 30.0 Å². The summed E-state index contributed by atoms with van der Waals surface area (Å²) < 4.78 is 19.3. The molecule has 4 heterocycles. The summed E-state index contributed by atoms with van der Waals surface area (Å²) >= 11 is 6.18. The maximum Gasteiger partial charge on any atom is 0.255 e. The van der Waals surface area contributed by atoms with Crippen LogP contribution in [0.1, 0.15) is 30.6 Å². The lowest BCUT2D eigenvalue weighted by molar-refractivity contribution is 0.0721. The quantitative estimate of drug-likeness (QED) is 0.346. The Bertz CT molecular complexity index is 1500. The number of nitrogens with two attached hydrogens (primary N) is 1. The third-order valence-corrected chi connectivity index (χ3v) is 6.96. The Balaban J connectivity index is 1.49. The number of piperazine rings is 1. The van der Waals surface area contributed by atoms with Crippen LogP contribution in [-0.2, 0) is 0 Å². The first-order chi connectivity index (χ1) is 18.9. The van der Waals surface area contributed by atoms with E-state index in [9.17, 15) is 9.18 Å². The molecule has 202 valence electrons. The maximum absolute atomic E-state index is 13.5. The second-order valence-corrected chi connectivity index (χ2v) is 9.45. The van der Waals surface area contributed by atoms with Gasteiger partial charge in [0.25, 0.3) is 5.91 Å². The number of nitrogens with one attached hydrogen (secondary N) is 1. The standard InChI is InChI=1S/C27H28ClFN8O2/c1-3-17-15-36(26(38)18-8-7-16(29)14-20(18)28)12-13-37(17)22-10-9-21(19-6-5-11-31-25(19)39-4-2)32-23(22)24-33-27(30)35-34-24/h5-11,14,17H,3-4,12-13,15H2,1-2H3,(H3,30,33,34,35)/t17-/m1/s1. The minimum atomic E-state index is -0.482. The minimum Gasteiger partial charge on any atom is -0.477 e. The zero-order chi connectivity index (χ0) is 27.5. The molecule has 1 saturated heterocycles. The zero-order valence-electron chi connectivity index (χ0n) is 21.6. The van der Waals surface area contributed by atoms with Crippen LogP contribution in [0, 0.1) is 5.82 Å². The SMILES string of the molecule is CCOc1ncccc1-c1ccc(N2CCN(C(=O)c3ccc(F)cc3Cl)C[C@H]2CC)c(-c2nnc(N)[nH]2)n1. The number of benzene rings is 1. The van der Waals surface area contributed by atoms with Crippen molar-refractivity contribution in [2.45, 2.75) is 26.3 Å². The van der Waals surface area contributed by atoms with E-state index in [-0.39, 0.29) is 28.5 Å². The van der Waals surface area contributed by atoms with Gasteiger partial charge in [-0.25, -0.2) is 14.4 Å².